The molecule has 0 amide bonds. The molecule has 0 fully saturated rings. The van der Waals surface area contributed by atoms with E-state index in [2.05, 4.69) is 16.8 Å². The van der Waals surface area contributed by atoms with Gasteiger partial charge in [0.05, 0.1) is 14.2 Å². The van der Waals surface area contributed by atoms with Crippen LogP contribution in [-0.4, -0.2) is 20.2 Å². The van der Waals surface area contributed by atoms with Gasteiger partial charge < -0.3 is 9.47 Å². The lowest BCUT2D eigenvalue weighted by molar-refractivity contribution is -0.134. The number of carbonyl (C=O) groups is 1. The van der Waals surface area contributed by atoms with Gasteiger partial charge in [-0.3, -0.25) is 0 Å². The summed E-state index contributed by atoms with van der Waals surface area (Å²) >= 11 is 0. The lowest BCUT2D eigenvalue weighted by Gasteiger charge is -1.97. The van der Waals surface area contributed by atoms with Crippen LogP contribution in [0.1, 0.15) is 5.56 Å². The maximum atomic E-state index is 10.9. The van der Waals surface area contributed by atoms with Crippen molar-refractivity contribution in [1.29, 1.82) is 0 Å². The molecule has 0 radical (unpaired) electrons. The van der Waals surface area contributed by atoms with Crippen molar-refractivity contribution in [3.8, 4) is 12.0 Å². The third-order valence-electron chi connectivity index (χ3n) is 2.07. The van der Waals surface area contributed by atoms with Crippen LogP contribution >= 0.6 is 0 Å². The monoisotopic (exact) mass is 242 g/mol. The molecule has 0 N–H and O–H groups in total. The Morgan fingerprint density at radius 2 is 1.94 bits per heavy atom. The number of carbonyl (C=O) groups excluding carboxylic acids is 1. The van der Waals surface area contributed by atoms with Gasteiger partial charge in [-0.1, -0.05) is 36.4 Å². The van der Waals surface area contributed by atoms with E-state index in [4.69, 9.17) is 4.74 Å². The van der Waals surface area contributed by atoms with Crippen molar-refractivity contribution in [2.75, 3.05) is 14.2 Å². The van der Waals surface area contributed by atoms with E-state index in [9.17, 15) is 4.79 Å². The molecule has 0 heterocycles. The van der Waals surface area contributed by atoms with Gasteiger partial charge in [0.25, 0.3) is 0 Å². The van der Waals surface area contributed by atoms with Crippen LogP contribution in [0.3, 0.4) is 0 Å². The number of allylic oxidation sites excluding steroid dienone is 3. The van der Waals surface area contributed by atoms with Crippen molar-refractivity contribution in [3.63, 3.8) is 0 Å². The topological polar surface area (TPSA) is 35.5 Å². The first-order valence-corrected chi connectivity index (χ1v) is 5.33. The molecule has 0 aromatic heterocycles. The summed E-state index contributed by atoms with van der Waals surface area (Å²) in [6.07, 6.45) is 7.19. The van der Waals surface area contributed by atoms with E-state index in [0.29, 0.717) is 0 Å². The summed E-state index contributed by atoms with van der Waals surface area (Å²) in [7, 11) is 2.83. The first-order chi connectivity index (χ1) is 8.77. The number of hydrogen-bond acceptors (Lipinski definition) is 3. The molecule has 0 unspecified atom stereocenters. The second-order valence-electron chi connectivity index (χ2n) is 3.26. The molecule has 0 spiro atoms. The van der Waals surface area contributed by atoms with Crippen molar-refractivity contribution < 1.29 is 14.3 Å². The van der Waals surface area contributed by atoms with Gasteiger partial charge in [0.1, 0.15) is 6.11 Å². The van der Waals surface area contributed by atoms with Crippen LogP contribution < -0.4 is 0 Å². The molecule has 0 atom stereocenters. The van der Waals surface area contributed by atoms with Gasteiger partial charge in [-0.05, 0) is 17.6 Å². The molecule has 1 rings (SSSR count). The van der Waals surface area contributed by atoms with Crippen molar-refractivity contribution in [2.24, 2.45) is 0 Å². The molecular weight excluding hydrogens is 228 g/mol. The lowest BCUT2D eigenvalue weighted by Crippen LogP contribution is -1.92. The highest BCUT2D eigenvalue weighted by Crippen LogP contribution is 2.12. The van der Waals surface area contributed by atoms with Crippen molar-refractivity contribution >= 4 is 11.5 Å². The maximum Gasteiger partial charge on any atom is 0.330 e. The fraction of sp³-hybridized carbons (Fsp3) is 0.133. The van der Waals surface area contributed by atoms with Crippen LogP contribution in [0.4, 0.5) is 0 Å². The molecule has 18 heavy (non-hydrogen) atoms. The Hall–Kier alpha value is -2.47. The molecule has 92 valence electrons. The van der Waals surface area contributed by atoms with E-state index in [0.717, 1.165) is 11.1 Å². The lowest BCUT2D eigenvalue weighted by atomic mass is 10.1. The van der Waals surface area contributed by atoms with Gasteiger partial charge in [-0.2, -0.15) is 0 Å². The predicted molar refractivity (Wildman–Crippen MR) is 70.4 cm³/mol. The van der Waals surface area contributed by atoms with Crippen molar-refractivity contribution in [1.82, 2.24) is 0 Å². The summed E-state index contributed by atoms with van der Waals surface area (Å²) in [5.74, 6) is 2.46. The summed E-state index contributed by atoms with van der Waals surface area (Å²) in [4.78, 5) is 10.9. The Morgan fingerprint density at radius 3 is 2.56 bits per heavy atom. The standard InChI is InChI=1S/C15H14O3/c1-17-12-11-14(9-6-10-15(16)18-2)13-7-4-3-5-8-13/h3-10H,1-2H3/b10-6-,14-9+. The summed E-state index contributed by atoms with van der Waals surface area (Å²) < 4.78 is 9.23. The fourth-order valence-corrected chi connectivity index (χ4v) is 1.22. The molecule has 1 aromatic carbocycles. The van der Waals surface area contributed by atoms with Crippen LogP contribution in [0.25, 0.3) is 5.57 Å². The Morgan fingerprint density at radius 1 is 1.22 bits per heavy atom. The van der Waals surface area contributed by atoms with E-state index in [-0.39, 0.29) is 0 Å². The van der Waals surface area contributed by atoms with Crippen LogP contribution in [-0.2, 0) is 14.3 Å². The first-order valence-electron chi connectivity index (χ1n) is 5.33. The minimum Gasteiger partial charge on any atom is -0.466 e. The van der Waals surface area contributed by atoms with Crippen molar-refractivity contribution in [2.45, 2.75) is 0 Å². The average molecular weight is 242 g/mol. The zero-order chi connectivity index (χ0) is 13.2. The summed E-state index contributed by atoms with van der Waals surface area (Å²) in [5.41, 5.74) is 1.72. The molecule has 0 aliphatic rings. The van der Waals surface area contributed by atoms with E-state index >= 15 is 0 Å². The molecule has 0 bridgehead atoms. The van der Waals surface area contributed by atoms with E-state index in [1.165, 1.54) is 20.3 Å². The average Bonchev–Trinajstić information content (AvgIpc) is 2.43. The Labute approximate surface area is 107 Å². The molecule has 3 nitrogen and oxygen atoms in total. The van der Waals surface area contributed by atoms with Crippen molar-refractivity contribution in [3.05, 3.63) is 54.1 Å². The van der Waals surface area contributed by atoms with Gasteiger partial charge in [-0.15, -0.1) is 0 Å². The number of esters is 1. The molecular formula is C15H14O3. The molecule has 0 saturated heterocycles. The number of hydrogen-bond donors (Lipinski definition) is 0. The van der Waals surface area contributed by atoms with Gasteiger partial charge in [0.2, 0.25) is 0 Å². The molecule has 0 aliphatic carbocycles. The molecule has 1 aromatic rings. The van der Waals surface area contributed by atoms with Crippen LogP contribution in [0.15, 0.2) is 48.6 Å². The number of ether oxygens (including phenoxy) is 2. The highest BCUT2D eigenvalue weighted by molar-refractivity contribution is 5.84. The normalized spacial score (nSPS) is 10.7. The summed E-state index contributed by atoms with van der Waals surface area (Å²) in [6, 6.07) is 9.63. The number of benzene rings is 1. The second-order valence-corrected chi connectivity index (χ2v) is 3.26. The minimum atomic E-state index is -0.404. The number of rotatable bonds is 3. The van der Waals surface area contributed by atoms with E-state index in [1.807, 2.05) is 30.3 Å². The molecule has 3 heteroatoms. The third-order valence-corrected chi connectivity index (χ3v) is 2.07. The molecule has 0 aliphatic heterocycles. The van der Waals surface area contributed by atoms with Crippen LogP contribution in [0.2, 0.25) is 0 Å². The zero-order valence-corrected chi connectivity index (χ0v) is 10.3. The highest BCUT2D eigenvalue weighted by Gasteiger charge is 1.96. The summed E-state index contributed by atoms with van der Waals surface area (Å²) in [5, 5.41) is 0. The van der Waals surface area contributed by atoms with Gasteiger partial charge in [0.15, 0.2) is 0 Å². The number of methoxy groups -OCH3 is 2. The Bertz CT molecular complexity index is 502. The van der Waals surface area contributed by atoms with Crippen LogP contribution in [0, 0.1) is 12.0 Å². The second kappa shape index (κ2) is 7.75. The summed E-state index contributed by atoms with van der Waals surface area (Å²) in [6.45, 7) is 0. The van der Waals surface area contributed by atoms with Gasteiger partial charge in [0, 0.05) is 11.6 Å². The van der Waals surface area contributed by atoms with Crippen LogP contribution in [0.5, 0.6) is 0 Å². The Balaban J connectivity index is 2.96. The largest absolute Gasteiger partial charge is 0.466 e. The Kier molecular flexibility index (Phi) is 5.85. The molecule has 0 saturated carbocycles. The fourth-order valence-electron chi connectivity index (χ4n) is 1.22. The maximum absolute atomic E-state index is 10.9. The van der Waals surface area contributed by atoms with E-state index < -0.39 is 5.97 Å². The van der Waals surface area contributed by atoms with Gasteiger partial charge in [-0.25, -0.2) is 4.79 Å². The quantitative estimate of drug-likeness (QED) is 0.353. The zero-order valence-electron chi connectivity index (χ0n) is 10.3. The predicted octanol–water partition coefficient (Wildman–Crippen LogP) is 2.41. The SMILES string of the molecule is COC#C/C(=C\C=C/C(=O)OC)c1ccccc1. The van der Waals surface area contributed by atoms with Gasteiger partial charge >= 0.3 is 5.97 Å². The highest BCUT2D eigenvalue weighted by atomic mass is 16.5. The minimum absolute atomic E-state index is 0.404. The third kappa shape index (κ3) is 4.58. The first kappa shape index (κ1) is 13.6. The smallest absolute Gasteiger partial charge is 0.330 e. The van der Waals surface area contributed by atoms with E-state index in [1.54, 1.807) is 12.2 Å².